The summed E-state index contributed by atoms with van der Waals surface area (Å²) in [5.41, 5.74) is 0.243. The molecule has 2 aromatic rings. The molecular weight excluding hydrogens is 368 g/mol. The second-order valence-corrected chi connectivity index (χ2v) is 6.06. The first-order valence-electron chi connectivity index (χ1n) is 8.56. The van der Waals surface area contributed by atoms with Crippen LogP contribution in [0.3, 0.4) is 0 Å². The van der Waals surface area contributed by atoms with Crippen LogP contribution in [0, 0.1) is 17.0 Å². The second-order valence-electron chi connectivity index (χ2n) is 6.06. The summed E-state index contributed by atoms with van der Waals surface area (Å²) in [6.45, 7) is 2.00. The zero-order valence-electron chi connectivity index (χ0n) is 15.1. The SMILES string of the molecule is Cc1cccc(C(=O)OCC(=O)Nc2ccc3c(c2)OCCCO3)c1[N+](=O)[O-]. The third-order valence-corrected chi connectivity index (χ3v) is 4.01. The molecule has 1 N–H and O–H groups in total. The zero-order valence-corrected chi connectivity index (χ0v) is 15.1. The minimum atomic E-state index is -0.941. The summed E-state index contributed by atoms with van der Waals surface area (Å²) in [7, 11) is 0. The molecule has 0 aromatic heterocycles. The van der Waals surface area contributed by atoms with E-state index >= 15 is 0 Å². The number of esters is 1. The topological polar surface area (TPSA) is 117 Å². The average Bonchev–Trinajstić information content (AvgIpc) is 2.90. The molecule has 0 saturated heterocycles. The number of nitro groups is 1. The molecule has 9 nitrogen and oxygen atoms in total. The summed E-state index contributed by atoms with van der Waals surface area (Å²) in [6, 6.07) is 9.25. The highest BCUT2D eigenvalue weighted by Gasteiger charge is 2.24. The number of aryl methyl sites for hydroxylation is 1. The van der Waals surface area contributed by atoms with Crippen molar-refractivity contribution in [2.45, 2.75) is 13.3 Å². The van der Waals surface area contributed by atoms with E-state index in [4.69, 9.17) is 14.2 Å². The molecule has 28 heavy (non-hydrogen) atoms. The number of nitro benzene ring substituents is 1. The van der Waals surface area contributed by atoms with Crippen LogP contribution >= 0.6 is 0 Å². The van der Waals surface area contributed by atoms with Crippen molar-refractivity contribution in [1.29, 1.82) is 0 Å². The maximum absolute atomic E-state index is 12.2. The first-order valence-corrected chi connectivity index (χ1v) is 8.56. The van der Waals surface area contributed by atoms with Crippen LogP contribution in [0.25, 0.3) is 0 Å². The Kier molecular flexibility index (Phi) is 5.73. The lowest BCUT2D eigenvalue weighted by atomic mass is 10.1. The van der Waals surface area contributed by atoms with Crippen molar-refractivity contribution in [3.05, 3.63) is 57.6 Å². The number of rotatable bonds is 5. The van der Waals surface area contributed by atoms with E-state index in [1.165, 1.54) is 25.1 Å². The fourth-order valence-electron chi connectivity index (χ4n) is 2.71. The van der Waals surface area contributed by atoms with E-state index in [1.54, 1.807) is 18.2 Å². The zero-order chi connectivity index (χ0) is 20.1. The Morgan fingerprint density at radius 1 is 1.18 bits per heavy atom. The Balaban J connectivity index is 1.62. The standard InChI is InChI=1S/C19H18N2O7/c1-12-4-2-5-14(18(12)21(24)25)19(23)28-11-17(22)20-13-6-7-15-16(10-13)27-9-3-8-26-15/h2,4-7,10H,3,8-9,11H2,1H3,(H,20,22). The van der Waals surface area contributed by atoms with Crippen LogP contribution in [0.4, 0.5) is 11.4 Å². The number of amides is 1. The lowest BCUT2D eigenvalue weighted by Crippen LogP contribution is -2.21. The Labute approximate surface area is 160 Å². The van der Waals surface area contributed by atoms with Crippen molar-refractivity contribution in [3.63, 3.8) is 0 Å². The van der Waals surface area contributed by atoms with Gasteiger partial charge < -0.3 is 19.5 Å². The number of nitrogens with zero attached hydrogens (tertiary/aromatic N) is 1. The molecule has 3 rings (SSSR count). The fourth-order valence-corrected chi connectivity index (χ4v) is 2.71. The van der Waals surface area contributed by atoms with E-state index in [9.17, 15) is 19.7 Å². The van der Waals surface area contributed by atoms with Gasteiger partial charge in [-0.15, -0.1) is 0 Å². The van der Waals surface area contributed by atoms with Crippen LogP contribution in [0.15, 0.2) is 36.4 Å². The van der Waals surface area contributed by atoms with E-state index in [0.29, 0.717) is 36.0 Å². The highest BCUT2D eigenvalue weighted by molar-refractivity contribution is 5.98. The van der Waals surface area contributed by atoms with Gasteiger partial charge in [-0.3, -0.25) is 14.9 Å². The molecule has 0 saturated carbocycles. The van der Waals surface area contributed by atoms with Crippen LogP contribution in [-0.2, 0) is 9.53 Å². The van der Waals surface area contributed by atoms with Gasteiger partial charge in [0.25, 0.3) is 11.6 Å². The quantitative estimate of drug-likeness (QED) is 0.477. The van der Waals surface area contributed by atoms with E-state index in [-0.39, 0.29) is 11.3 Å². The van der Waals surface area contributed by atoms with Gasteiger partial charge in [0, 0.05) is 23.7 Å². The first-order chi connectivity index (χ1) is 13.5. The summed E-state index contributed by atoms with van der Waals surface area (Å²) < 4.78 is 16.0. The summed E-state index contributed by atoms with van der Waals surface area (Å²) >= 11 is 0. The number of nitrogens with one attached hydrogen (secondary N) is 1. The molecule has 1 heterocycles. The smallest absolute Gasteiger partial charge is 0.345 e. The third-order valence-electron chi connectivity index (χ3n) is 4.01. The van der Waals surface area contributed by atoms with E-state index in [1.807, 2.05) is 0 Å². The number of para-hydroxylation sites is 1. The molecule has 0 aliphatic carbocycles. The molecule has 0 unspecified atom stereocenters. The molecule has 9 heteroatoms. The maximum Gasteiger partial charge on any atom is 0.345 e. The van der Waals surface area contributed by atoms with Gasteiger partial charge in [0.2, 0.25) is 0 Å². The van der Waals surface area contributed by atoms with Crippen LogP contribution in [0.2, 0.25) is 0 Å². The van der Waals surface area contributed by atoms with Crippen molar-refractivity contribution < 1.29 is 28.7 Å². The minimum absolute atomic E-state index is 0.201. The predicted octanol–water partition coefficient (Wildman–Crippen LogP) is 2.86. The van der Waals surface area contributed by atoms with Crippen LogP contribution < -0.4 is 14.8 Å². The maximum atomic E-state index is 12.2. The first kappa shape index (κ1) is 19.2. The molecule has 1 aliphatic heterocycles. The molecule has 0 spiro atoms. The van der Waals surface area contributed by atoms with Crippen molar-refractivity contribution in [2.24, 2.45) is 0 Å². The summed E-state index contributed by atoms with van der Waals surface area (Å²) in [6.07, 6.45) is 0.761. The Hall–Kier alpha value is -3.62. The number of hydrogen-bond acceptors (Lipinski definition) is 7. The summed E-state index contributed by atoms with van der Waals surface area (Å²) in [5.74, 6) is -0.418. The molecule has 1 aliphatic rings. The van der Waals surface area contributed by atoms with Crippen LogP contribution in [0.1, 0.15) is 22.3 Å². The van der Waals surface area contributed by atoms with Crippen molar-refractivity contribution in [1.82, 2.24) is 0 Å². The Morgan fingerprint density at radius 3 is 2.68 bits per heavy atom. The lowest BCUT2D eigenvalue weighted by Gasteiger charge is -2.11. The normalized spacial score (nSPS) is 12.6. The molecule has 0 radical (unpaired) electrons. The molecule has 0 fully saturated rings. The number of carbonyl (C=O) groups is 2. The average molecular weight is 386 g/mol. The van der Waals surface area contributed by atoms with Crippen molar-refractivity contribution >= 4 is 23.3 Å². The van der Waals surface area contributed by atoms with E-state index in [2.05, 4.69) is 5.32 Å². The number of fused-ring (bicyclic) bond motifs is 1. The molecule has 0 bridgehead atoms. The number of benzene rings is 2. The monoisotopic (exact) mass is 386 g/mol. The molecule has 1 amide bonds. The third kappa shape index (κ3) is 4.37. The van der Waals surface area contributed by atoms with Gasteiger partial charge in [-0.05, 0) is 25.1 Å². The molecular formula is C19H18N2O7. The van der Waals surface area contributed by atoms with Gasteiger partial charge in [-0.25, -0.2) is 4.79 Å². The van der Waals surface area contributed by atoms with Gasteiger partial charge in [-0.1, -0.05) is 12.1 Å². The van der Waals surface area contributed by atoms with E-state index < -0.39 is 23.4 Å². The number of hydrogen-bond donors (Lipinski definition) is 1. The minimum Gasteiger partial charge on any atom is -0.490 e. The van der Waals surface area contributed by atoms with Gasteiger partial charge >= 0.3 is 5.97 Å². The van der Waals surface area contributed by atoms with Crippen LogP contribution in [-0.4, -0.2) is 36.6 Å². The van der Waals surface area contributed by atoms with Gasteiger partial charge in [0.15, 0.2) is 18.1 Å². The fraction of sp³-hybridized carbons (Fsp3) is 0.263. The largest absolute Gasteiger partial charge is 0.490 e. The van der Waals surface area contributed by atoms with E-state index in [0.717, 1.165) is 6.42 Å². The summed E-state index contributed by atoms with van der Waals surface area (Å²) in [5, 5.41) is 13.7. The van der Waals surface area contributed by atoms with Gasteiger partial charge in [0.1, 0.15) is 5.56 Å². The number of carbonyl (C=O) groups excluding carboxylic acids is 2. The van der Waals surface area contributed by atoms with Gasteiger partial charge in [0.05, 0.1) is 18.1 Å². The molecule has 146 valence electrons. The van der Waals surface area contributed by atoms with Crippen molar-refractivity contribution in [3.8, 4) is 11.5 Å². The molecule has 2 aromatic carbocycles. The highest BCUT2D eigenvalue weighted by atomic mass is 16.6. The Bertz CT molecular complexity index is 926. The van der Waals surface area contributed by atoms with Crippen LogP contribution in [0.5, 0.6) is 11.5 Å². The van der Waals surface area contributed by atoms with Crippen molar-refractivity contribution in [2.75, 3.05) is 25.1 Å². The lowest BCUT2D eigenvalue weighted by molar-refractivity contribution is -0.385. The Morgan fingerprint density at radius 2 is 1.93 bits per heavy atom. The number of ether oxygens (including phenoxy) is 3. The molecule has 0 atom stereocenters. The second kappa shape index (κ2) is 8.38. The summed E-state index contributed by atoms with van der Waals surface area (Å²) in [4.78, 5) is 34.8. The van der Waals surface area contributed by atoms with Gasteiger partial charge in [-0.2, -0.15) is 0 Å². The number of anilines is 1. The predicted molar refractivity (Wildman–Crippen MR) is 98.8 cm³/mol. The highest BCUT2D eigenvalue weighted by Crippen LogP contribution is 2.32.